The van der Waals surface area contributed by atoms with E-state index in [1.54, 1.807) is 0 Å². The van der Waals surface area contributed by atoms with Crippen LogP contribution in [0.15, 0.2) is 42.5 Å². The number of carboxylic acids is 1. The van der Waals surface area contributed by atoms with Gasteiger partial charge in [0.25, 0.3) is 5.91 Å². The minimum Gasteiger partial charge on any atom is -0.478 e. The van der Waals surface area contributed by atoms with Gasteiger partial charge in [0, 0.05) is 13.1 Å². The monoisotopic (exact) mass is 594 g/mol. The maximum Gasteiger partial charge on any atom is 0.436 e. The lowest BCUT2D eigenvalue weighted by Crippen LogP contribution is -2.31. The Morgan fingerprint density at radius 3 is 1.95 bits per heavy atom. The molecule has 0 aliphatic carbocycles. The van der Waals surface area contributed by atoms with Gasteiger partial charge in [-0.15, -0.1) is 0 Å². The number of carbonyl (C=O) groups excluding carboxylic acids is 1. The molecule has 2 aromatic carbocycles. The zero-order valence-corrected chi connectivity index (χ0v) is 20.7. The van der Waals surface area contributed by atoms with Gasteiger partial charge in [-0.25, -0.2) is 9.48 Å². The molecule has 0 radical (unpaired) electrons. The number of carbonyl (C=O) groups is 2. The van der Waals surface area contributed by atoms with E-state index in [2.05, 4.69) is 10.4 Å². The highest BCUT2D eigenvalue weighted by Gasteiger charge is 2.44. The molecule has 2 heterocycles. The van der Waals surface area contributed by atoms with E-state index in [1.165, 1.54) is 31.2 Å². The van der Waals surface area contributed by atoms with Crippen molar-refractivity contribution >= 4 is 17.7 Å². The molecule has 2 N–H and O–H groups in total. The highest BCUT2D eigenvalue weighted by molar-refractivity contribution is 6.01. The van der Waals surface area contributed by atoms with E-state index >= 15 is 0 Å². The summed E-state index contributed by atoms with van der Waals surface area (Å²) in [5.74, 6) is -2.89. The largest absolute Gasteiger partial charge is 0.478 e. The molecule has 0 unspecified atom stereocenters. The van der Waals surface area contributed by atoms with Crippen molar-refractivity contribution in [3.8, 4) is 0 Å². The molecule has 1 aromatic heterocycles. The zero-order valence-electron chi connectivity index (χ0n) is 20.7. The SMILES string of the molecule is C[C@H](NC(=O)c1c(C(F)(F)F)nn2c1N(Cc1cc(C(F)(F)F)cc(C(F)(F)F)c1)CC2)c1ccc(C(=O)O)cc1. The molecule has 3 aromatic rings. The van der Waals surface area contributed by atoms with Crippen molar-refractivity contribution in [2.24, 2.45) is 0 Å². The lowest BCUT2D eigenvalue weighted by atomic mass is 10.0. The fourth-order valence-corrected chi connectivity index (χ4v) is 4.41. The van der Waals surface area contributed by atoms with Crippen LogP contribution in [0.5, 0.6) is 0 Å². The fraction of sp³-hybridized carbons (Fsp3) is 0.320. The summed E-state index contributed by atoms with van der Waals surface area (Å²) in [6.07, 6.45) is -15.4. The number of hydrogen-bond acceptors (Lipinski definition) is 4. The van der Waals surface area contributed by atoms with Crippen LogP contribution in [0.1, 0.15) is 61.6 Å². The third kappa shape index (κ3) is 6.25. The Bertz CT molecular complexity index is 1440. The molecule has 7 nitrogen and oxygen atoms in total. The van der Waals surface area contributed by atoms with Gasteiger partial charge in [0.1, 0.15) is 11.4 Å². The molecule has 0 saturated heterocycles. The van der Waals surface area contributed by atoms with Gasteiger partial charge >= 0.3 is 24.5 Å². The van der Waals surface area contributed by atoms with E-state index in [-0.39, 0.29) is 24.7 Å². The number of hydrogen-bond donors (Lipinski definition) is 2. The van der Waals surface area contributed by atoms with Gasteiger partial charge in [0.2, 0.25) is 0 Å². The van der Waals surface area contributed by atoms with Crippen LogP contribution >= 0.6 is 0 Å². The minimum atomic E-state index is -5.13. The second kappa shape index (κ2) is 10.3. The third-order valence-corrected chi connectivity index (χ3v) is 6.33. The lowest BCUT2D eigenvalue weighted by molar-refractivity contribution is -0.143. The average Bonchev–Trinajstić information content (AvgIpc) is 3.43. The number of alkyl halides is 9. The predicted molar refractivity (Wildman–Crippen MR) is 124 cm³/mol. The number of anilines is 1. The molecular weight excluding hydrogens is 575 g/mol. The molecule has 0 bridgehead atoms. The van der Waals surface area contributed by atoms with Gasteiger partial charge < -0.3 is 15.3 Å². The highest BCUT2D eigenvalue weighted by atomic mass is 19.4. The second-order valence-corrected chi connectivity index (χ2v) is 9.23. The summed E-state index contributed by atoms with van der Waals surface area (Å²) in [6.45, 7) is 0.375. The molecule has 220 valence electrons. The number of nitrogens with zero attached hydrogens (tertiary/aromatic N) is 3. The molecule has 0 saturated carbocycles. The van der Waals surface area contributed by atoms with Crippen LogP contribution in [0.3, 0.4) is 0 Å². The van der Waals surface area contributed by atoms with Gasteiger partial charge in [-0.3, -0.25) is 4.79 Å². The number of fused-ring (bicyclic) bond motifs is 1. The van der Waals surface area contributed by atoms with Gasteiger partial charge in [0.15, 0.2) is 5.69 Å². The standard InChI is InChI=1S/C25H19F9N4O3/c1-12(14-2-4-15(5-3-14)22(40)41)35-20(39)18-19(25(32,33)34)36-38-7-6-37(21(18)38)11-13-8-16(23(26,27)28)10-17(9-13)24(29,30)31/h2-5,8-10,12H,6-7,11H2,1H3,(H,35,39)(H,40,41)/t12-/m0/s1. The number of rotatable bonds is 6. The summed E-state index contributed by atoms with van der Waals surface area (Å²) >= 11 is 0. The van der Waals surface area contributed by atoms with Crippen LogP contribution in [0.2, 0.25) is 0 Å². The quantitative estimate of drug-likeness (QED) is 0.335. The molecule has 4 rings (SSSR count). The number of aromatic carboxylic acids is 1. The topological polar surface area (TPSA) is 87.5 Å². The lowest BCUT2D eigenvalue weighted by Gasteiger charge is -2.22. The molecule has 1 atom stereocenters. The second-order valence-electron chi connectivity index (χ2n) is 9.23. The molecule has 0 spiro atoms. The van der Waals surface area contributed by atoms with E-state index in [9.17, 15) is 49.1 Å². The van der Waals surface area contributed by atoms with Gasteiger partial charge in [0.05, 0.1) is 29.3 Å². The van der Waals surface area contributed by atoms with Crippen LogP contribution in [-0.2, 0) is 31.6 Å². The number of carboxylic acid groups (broad SMARTS) is 1. The Balaban J connectivity index is 1.70. The zero-order chi connectivity index (χ0) is 30.5. The Morgan fingerprint density at radius 2 is 1.46 bits per heavy atom. The first-order valence-corrected chi connectivity index (χ1v) is 11.7. The summed E-state index contributed by atoms with van der Waals surface area (Å²) in [6, 6.07) is 5.08. The number of halogens is 9. The van der Waals surface area contributed by atoms with Crippen LogP contribution in [0.25, 0.3) is 0 Å². The molecule has 1 aliphatic rings. The van der Waals surface area contributed by atoms with E-state index in [4.69, 9.17) is 5.11 Å². The maximum atomic E-state index is 13.9. The van der Waals surface area contributed by atoms with Crippen molar-refractivity contribution < 1.29 is 54.2 Å². The van der Waals surface area contributed by atoms with Crippen LogP contribution in [0, 0.1) is 0 Å². The molecular formula is C25H19F9N4O3. The van der Waals surface area contributed by atoms with Crippen molar-refractivity contribution in [3.05, 3.63) is 81.5 Å². The summed E-state index contributed by atoms with van der Waals surface area (Å²) in [4.78, 5) is 25.3. The first-order chi connectivity index (χ1) is 18.9. The van der Waals surface area contributed by atoms with E-state index < -0.39 is 76.8 Å². The Labute approximate surface area is 225 Å². The van der Waals surface area contributed by atoms with Crippen LogP contribution in [-0.4, -0.2) is 33.3 Å². The first-order valence-electron chi connectivity index (χ1n) is 11.7. The van der Waals surface area contributed by atoms with Crippen molar-refractivity contribution in [2.45, 2.75) is 44.6 Å². The summed E-state index contributed by atoms with van der Waals surface area (Å²) < 4.78 is 122. The van der Waals surface area contributed by atoms with Gasteiger partial charge in [-0.1, -0.05) is 12.1 Å². The number of nitrogens with one attached hydrogen (secondary N) is 1. The van der Waals surface area contributed by atoms with Crippen LogP contribution < -0.4 is 10.2 Å². The smallest absolute Gasteiger partial charge is 0.436 e. The Morgan fingerprint density at radius 1 is 0.902 bits per heavy atom. The molecule has 41 heavy (non-hydrogen) atoms. The normalized spacial score (nSPS) is 14.6. The average molecular weight is 594 g/mol. The van der Waals surface area contributed by atoms with Crippen molar-refractivity contribution in [1.82, 2.24) is 15.1 Å². The predicted octanol–water partition coefficient (Wildman–Crippen LogP) is 6.15. The number of amides is 1. The molecule has 1 amide bonds. The Hall–Kier alpha value is -4.24. The van der Waals surface area contributed by atoms with E-state index in [1.807, 2.05) is 0 Å². The van der Waals surface area contributed by atoms with Gasteiger partial charge in [-0.2, -0.15) is 44.6 Å². The van der Waals surface area contributed by atoms with E-state index in [0.717, 1.165) is 9.58 Å². The van der Waals surface area contributed by atoms with Crippen LogP contribution in [0.4, 0.5) is 45.3 Å². The summed E-state index contributed by atoms with van der Waals surface area (Å²) in [5.41, 5.74) is -5.93. The summed E-state index contributed by atoms with van der Waals surface area (Å²) in [5, 5.41) is 14.9. The number of benzene rings is 2. The highest BCUT2D eigenvalue weighted by Crippen LogP contribution is 2.40. The third-order valence-electron chi connectivity index (χ3n) is 6.33. The van der Waals surface area contributed by atoms with Crippen molar-refractivity contribution in [3.63, 3.8) is 0 Å². The minimum absolute atomic E-state index is 0.0667. The van der Waals surface area contributed by atoms with Crippen molar-refractivity contribution in [1.29, 1.82) is 0 Å². The molecule has 1 aliphatic heterocycles. The maximum absolute atomic E-state index is 13.9. The molecule has 0 fully saturated rings. The fourth-order valence-electron chi connectivity index (χ4n) is 4.41. The Kier molecular flexibility index (Phi) is 7.47. The number of aromatic nitrogens is 2. The summed E-state index contributed by atoms with van der Waals surface area (Å²) in [7, 11) is 0. The molecule has 16 heteroatoms. The first kappa shape index (κ1) is 29.7. The van der Waals surface area contributed by atoms with Crippen molar-refractivity contribution in [2.75, 3.05) is 11.4 Å². The van der Waals surface area contributed by atoms with Gasteiger partial charge in [-0.05, 0) is 48.4 Å². The van der Waals surface area contributed by atoms with E-state index in [0.29, 0.717) is 17.7 Å².